The number of sulfone groups is 1. The molecule has 1 aromatic heterocycles. The summed E-state index contributed by atoms with van der Waals surface area (Å²) < 4.78 is 41.7. The molecule has 5 nitrogen and oxygen atoms in total. The summed E-state index contributed by atoms with van der Waals surface area (Å²) in [4.78, 5) is 10.6. The molecule has 0 aliphatic heterocycles. The second-order valence-electron chi connectivity index (χ2n) is 3.92. The molecule has 0 fully saturated rings. The molecule has 20 heavy (non-hydrogen) atoms. The highest BCUT2D eigenvalue weighted by atomic mass is 35.5. The van der Waals surface area contributed by atoms with Crippen LogP contribution in [0.15, 0.2) is 39.8 Å². The molecule has 2 aromatic rings. The minimum Gasteiger partial charge on any atom is -0.475 e. The van der Waals surface area contributed by atoms with E-state index in [-0.39, 0.29) is 10.6 Å². The summed E-state index contributed by atoms with van der Waals surface area (Å²) in [5.41, 5.74) is 0.196. The molecule has 0 unspecified atom stereocenters. The lowest BCUT2D eigenvalue weighted by molar-refractivity contribution is 0.0656. The molecule has 0 amide bonds. The van der Waals surface area contributed by atoms with Gasteiger partial charge in [-0.15, -0.1) is 0 Å². The first kappa shape index (κ1) is 14.5. The lowest BCUT2D eigenvalue weighted by Gasteiger charge is -2.04. The molecule has 1 aromatic carbocycles. The van der Waals surface area contributed by atoms with Gasteiger partial charge in [-0.05, 0) is 29.8 Å². The first-order valence-electron chi connectivity index (χ1n) is 5.29. The summed E-state index contributed by atoms with van der Waals surface area (Å²) in [6.07, 6.45) is 0. The molecule has 0 bridgehead atoms. The number of benzene rings is 1. The van der Waals surface area contributed by atoms with Crippen LogP contribution >= 0.6 is 11.6 Å². The molecule has 1 N–H and O–H groups in total. The second-order valence-corrected chi connectivity index (χ2v) is 6.25. The Kier molecular flexibility index (Phi) is 3.82. The van der Waals surface area contributed by atoms with Gasteiger partial charge < -0.3 is 9.52 Å². The summed E-state index contributed by atoms with van der Waals surface area (Å²) in [5.74, 6) is -2.94. The van der Waals surface area contributed by atoms with Crippen LogP contribution in [-0.4, -0.2) is 19.5 Å². The van der Waals surface area contributed by atoms with Crippen molar-refractivity contribution in [1.29, 1.82) is 0 Å². The summed E-state index contributed by atoms with van der Waals surface area (Å²) in [5, 5.41) is 8.17. The van der Waals surface area contributed by atoms with E-state index in [1.54, 1.807) is 0 Å². The van der Waals surface area contributed by atoms with E-state index in [0.717, 1.165) is 24.3 Å². The molecule has 0 saturated carbocycles. The SMILES string of the molecule is O=C(O)c1ccc(S(=O)(=O)Cc2ccc(F)cc2Cl)o1. The Morgan fingerprint density at radius 1 is 1.30 bits per heavy atom. The molecule has 0 aliphatic carbocycles. The van der Waals surface area contributed by atoms with Gasteiger partial charge in [0, 0.05) is 5.02 Å². The van der Waals surface area contributed by atoms with Crippen molar-refractivity contribution in [3.63, 3.8) is 0 Å². The van der Waals surface area contributed by atoms with Crippen LogP contribution in [0.3, 0.4) is 0 Å². The number of furan rings is 1. The van der Waals surface area contributed by atoms with E-state index >= 15 is 0 Å². The van der Waals surface area contributed by atoms with Crippen molar-refractivity contribution in [3.8, 4) is 0 Å². The third-order valence-electron chi connectivity index (χ3n) is 2.46. The van der Waals surface area contributed by atoms with Crippen molar-refractivity contribution < 1.29 is 27.1 Å². The van der Waals surface area contributed by atoms with Crippen LogP contribution < -0.4 is 0 Å². The quantitative estimate of drug-likeness (QED) is 0.937. The van der Waals surface area contributed by atoms with Crippen molar-refractivity contribution in [1.82, 2.24) is 0 Å². The van der Waals surface area contributed by atoms with E-state index < -0.39 is 38.2 Å². The lowest BCUT2D eigenvalue weighted by atomic mass is 10.2. The minimum absolute atomic E-state index is 0.0291. The standard InChI is InChI=1S/C12H8ClFO5S/c13-9-5-8(14)2-1-7(9)6-20(17,18)11-4-3-10(19-11)12(15)16/h1-5H,6H2,(H,15,16). The van der Waals surface area contributed by atoms with Crippen LogP contribution in [0.25, 0.3) is 0 Å². The molecule has 106 valence electrons. The maximum absolute atomic E-state index is 12.9. The summed E-state index contributed by atoms with van der Waals surface area (Å²) in [6.45, 7) is 0. The zero-order valence-electron chi connectivity index (χ0n) is 9.84. The third-order valence-corrected chi connectivity index (χ3v) is 4.33. The maximum Gasteiger partial charge on any atom is 0.371 e. The molecule has 2 rings (SSSR count). The topological polar surface area (TPSA) is 84.6 Å². The molecular formula is C12H8ClFO5S. The third kappa shape index (κ3) is 3.00. The van der Waals surface area contributed by atoms with Gasteiger partial charge in [0.25, 0.3) is 0 Å². The molecular weight excluding hydrogens is 311 g/mol. The average molecular weight is 319 g/mol. The fourth-order valence-corrected chi connectivity index (χ4v) is 3.13. The Balaban J connectivity index is 2.33. The van der Waals surface area contributed by atoms with E-state index in [4.69, 9.17) is 21.1 Å². The Morgan fingerprint density at radius 3 is 2.55 bits per heavy atom. The lowest BCUT2D eigenvalue weighted by Crippen LogP contribution is -2.04. The van der Waals surface area contributed by atoms with E-state index in [0.29, 0.717) is 0 Å². The molecule has 0 aliphatic rings. The van der Waals surface area contributed by atoms with Gasteiger partial charge in [0.15, 0.2) is 0 Å². The molecule has 1 heterocycles. The largest absolute Gasteiger partial charge is 0.475 e. The van der Waals surface area contributed by atoms with Gasteiger partial charge in [-0.3, -0.25) is 0 Å². The van der Waals surface area contributed by atoms with E-state index in [1.165, 1.54) is 6.07 Å². The number of carboxylic acid groups (broad SMARTS) is 1. The van der Waals surface area contributed by atoms with Gasteiger partial charge >= 0.3 is 5.97 Å². The van der Waals surface area contributed by atoms with Crippen molar-refractivity contribution in [3.05, 3.63) is 52.5 Å². The zero-order chi connectivity index (χ0) is 14.9. The van der Waals surface area contributed by atoms with Crippen LogP contribution in [0.1, 0.15) is 16.1 Å². The van der Waals surface area contributed by atoms with E-state index in [2.05, 4.69) is 0 Å². The number of halogens is 2. The van der Waals surface area contributed by atoms with E-state index in [1.807, 2.05) is 0 Å². The maximum atomic E-state index is 12.9. The van der Waals surface area contributed by atoms with Crippen molar-refractivity contribution in [2.45, 2.75) is 10.8 Å². The molecule has 0 atom stereocenters. The normalized spacial score (nSPS) is 11.5. The van der Waals surface area contributed by atoms with Gasteiger partial charge in [-0.25, -0.2) is 17.6 Å². The van der Waals surface area contributed by atoms with Crippen LogP contribution in [0.4, 0.5) is 4.39 Å². The van der Waals surface area contributed by atoms with Crippen molar-refractivity contribution >= 4 is 27.4 Å². The Bertz CT molecular complexity index is 766. The van der Waals surface area contributed by atoms with Crippen LogP contribution in [0, 0.1) is 5.82 Å². The number of aromatic carboxylic acids is 1. The molecule has 0 spiro atoms. The monoisotopic (exact) mass is 318 g/mol. The second kappa shape index (κ2) is 5.26. The van der Waals surface area contributed by atoms with Gasteiger partial charge in [-0.2, -0.15) is 0 Å². The summed E-state index contributed by atoms with van der Waals surface area (Å²) in [6, 6.07) is 5.42. The first-order valence-corrected chi connectivity index (χ1v) is 7.32. The predicted octanol–water partition coefficient (Wildman–Crippen LogP) is 2.74. The Labute approximate surface area is 118 Å². The van der Waals surface area contributed by atoms with Crippen LogP contribution in [0.5, 0.6) is 0 Å². The number of carboxylic acids is 1. The van der Waals surface area contributed by atoms with Crippen molar-refractivity contribution in [2.24, 2.45) is 0 Å². The molecule has 0 radical (unpaired) electrons. The molecule has 8 heteroatoms. The zero-order valence-corrected chi connectivity index (χ0v) is 11.4. The predicted molar refractivity (Wildman–Crippen MR) is 68.0 cm³/mol. The fourth-order valence-electron chi connectivity index (χ4n) is 1.52. The van der Waals surface area contributed by atoms with Crippen LogP contribution in [-0.2, 0) is 15.6 Å². The highest BCUT2D eigenvalue weighted by Gasteiger charge is 2.22. The highest BCUT2D eigenvalue weighted by Crippen LogP contribution is 2.24. The number of hydrogen-bond acceptors (Lipinski definition) is 4. The number of rotatable bonds is 4. The van der Waals surface area contributed by atoms with Gasteiger partial charge in [0.1, 0.15) is 5.82 Å². The average Bonchev–Trinajstić information content (AvgIpc) is 2.83. The Morgan fingerprint density at radius 2 is 2.00 bits per heavy atom. The van der Waals surface area contributed by atoms with Gasteiger partial charge in [-0.1, -0.05) is 17.7 Å². The summed E-state index contributed by atoms with van der Waals surface area (Å²) >= 11 is 5.75. The Hall–Kier alpha value is -1.86. The van der Waals surface area contributed by atoms with Gasteiger partial charge in [0.05, 0.1) is 5.75 Å². The molecule has 0 saturated heterocycles. The van der Waals surface area contributed by atoms with E-state index in [9.17, 15) is 17.6 Å². The first-order chi connectivity index (χ1) is 9.29. The minimum atomic E-state index is -3.90. The van der Waals surface area contributed by atoms with Crippen LogP contribution in [0.2, 0.25) is 5.02 Å². The number of carbonyl (C=O) groups is 1. The van der Waals surface area contributed by atoms with Crippen molar-refractivity contribution in [2.75, 3.05) is 0 Å². The highest BCUT2D eigenvalue weighted by molar-refractivity contribution is 7.90. The smallest absolute Gasteiger partial charge is 0.371 e. The summed E-state index contributed by atoms with van der Waals surface area (Å²) in [7, 11) is -3.90. The number of hydrogen-bond donors (Lipinski definition) is 1. The van der Waals surface area contributed by atoms with Gasteiger partial charge in [0.2, 0.25) is 20.7 Å². The fraction of sp³-hybridized carbons (Fsp3) is 0.0833.